The molecule has 1 unspecified atom stereocenters. The first-order chi connectivity index (χ1) is 10.9. The van der Waals surface area contributed by atoms with Crippen LogP contribution in [-0.4, -0.2) is 18.2 Å². The van der Waals surface area contributed by atoms with Gasteiger partial charge in [-0.1, -0.05) is 18.5 Å². The third kappa shape index (κ3) is 2.98. The molecule has 1 aliphatic heterocycles. The fourth-order valence-electron chi connectivity index (χ4n) is 3.57. The van der Waals surface area contributed by atoms with Gasteiger partial charge in [0.2, 0.25) is 0 Å². The molecular formula is C18H23ClNO3+. The van der Waals surface area contributed by atoms with Crippen molar-refractivity contribution >= 4 is 22.6 Å². The largest absolute Gasteiger partial charge is 0.506 e. The van der Waals surface area contributed by atoms with E-state index in [-0.39, 0.29) is 11.4 Å². The summed E-state index contributed by atoms with van der Waals surface area (Å²) >= 11 is 6.22. The maximum absolute atomic E-state index is 12.1. The van der Waals surface area contributed by atoms with E-state index in [2.05, 4.69) is 6.92 Å². The molecular weight excluding hydrogens is 314 g/mol. The number of phenolic OH excluding ortho intramolecular Hbond substituents is 1. The van der Waals surface area contributed by atoms with Crippen LogP contribution in [0, 0.1) is 19.8 Å². The van der Waals surface area contributed by atoms with Gasteiger partial charge in [0.05, 0.1) is 23.7 Å². The molecule has 0 aliphatic carbocycles. The topological polar surface area (TPSA) is 54.9 Å². The minimum absolute atomic E-state index is 0.0382. The van der Waals surface area contributed by atoms with Crippen molar-refractivity contribution in [1.29, 1.82) is 0 Å². The molecule has 0 spiro atoms. The first kappa shape index (κ1) is 16.3. The number of piperidine rings is 1. The van der Waals surface area contributed by atoms with E-state index in [1.54, 1.807) is 13.0 Å². The second kappa shape index (κ2) is 6.17. The van der Waals surface area contributed by atoms with Crippen molar-refractivity contribution in [1.82, 2.24) is 0 Å². The van der Waals surface area contributed by atoms with E-state index in [0.29, 0.717) is 34.2 Å². The molecule has 4 nitrogen and oxygen atoms in total. The number of aromatic hydroxyl groups is 1. The minimum Gasteiger partial charge on any atom is -0.506 e. The first-order valence-corrected chi connectivity index (χ1v) is 8.54. The van der Waals surface area contributed by atoms with Crippen LogP contribution >= 0.6 is 11.6 Å². The summed E-state index contributed by atoms with van der Waals surface area (Å²) in [6, 6.07) is 1.69. The summed E-state index contributed by atoms with van der Waals surface area (Å²) < 4.78 is 5.52. The van der Waals surface area contributed by atoms with E-state index < -0.39 is 0 Å². The van der Waals surface area contributed by atoms with Crippen LogP contribution in [0.25, 0.3) is 11.0 Å². The van der Waals surface area contributed by atoms with Crippen LogP contribution in [0.3, 0.4) is 0 Å². The van der Waals surface area contributed by atoms with Crippen LogP contribution in [0.15, 0.2) is 15.3 Å². The van der Waals surface area contributed by atoms with Gasteiger partial charge in [-0.3, -0.25) is 0 Å². The summed E-state index contributed by atoms with van der Waals surface area (Å²) in [5.74, 6) is 0.707. The molecule has 1 aromatic carbocycles. The molecule has 0 amide bonds. The predicted octanol–water partition coefficient (Wildman–Crippen LogP) is 2.58. The fraction of sp³-hybridized carbons (Fsp3) is 0.500. The van der Waals surface area contributed by atoms with E-state index in [1.807, 2.05) is 6.92 Å². The molecule has 0 saturated carbocycles. The number of hydrogen-bond acceptors (Lipinski definition) is 3. The Labute approximate surface area is 140 Å². The molecule has 2 aromatic rings. The average molecular weight is 337 g/mol. The molecule has 1 aromatic heterocycles. The standard InChI is InChI=1S/C18H22ClNO3/c1-10-5-4-6-20(8-10)9-14-16(21)15(19)7-13-11(2)12(3)18(22)23-17(13)14/h7,10,21H,4-6,8-9H2,1-3H3/p+1/t10-/m1/s1. The highest BCUT2D eigenvalue weighted by atomic mass is 35.5. The Morgan fingerprint density at radius 3 is 2.83 bits per heavy atom. The Hall–Kier alpha value is -1.52. The Morgan fingerprint density at radius 2 is 2.13 bits per heavy atom. The molecule has 0 bridgehead atoms. The molecule has 3 rings (SSSR count). The van der Waals surface area contributed by atoms with E-state index in [0.717, 1.165) is 24.0 Å². The lowest BCUT2D eigenvalue weighted by atomic mass is 9.98. The van der Waals surface area contributed by atoms with Crippen molar-refractivity contribution in [3.05, 3.63) is 38.2 Å². The molecule has 2 heterocycles. The predicted molar refractivity (Wildman–Crippen MR) is 91.4 cm³/mol. The molecule has 1 fully saturated rings. The highest BCUT2D eigenvalue weighted by Gasteiger charge is 2.25. The summed E-state index contributed by atoms with van der Waals surface area (Å²) in [7, 11) is 0. The van der Waals surface area contributed by atoms with Gasteiger partial charge in [0.1, 0.15) is 12.3 Å². The number of rotatable bonds is 2. The molecule has 0 radical (unpaired) electrons. The molecule has 1 saturated heterocycles. The summed E-state index contributed by atoms with van der Waals surface area (Å²) in [6.07, 6.45) is 2.43. The summed E-state index contributed by atoms with van der Waals surface area (Å²) in [6.45, 7) is 8.64. The van der Waals surface area contributed by atoms with Gasteiger partial charge < -0.3 is 14.4 Å². The molecule has 23 heavy (non-hydrogen) atoms. The fourth-order valence-corrected chi connectivity index (χ4v) is 3.79. The van der Waals surface area contributed by atoms with Gasteiger partial charge in [0.15, 0.2) is 5.58 Å². The van der Waals surface area contributed by atoms with E-state index in [4.69, 9.17) is 16.0 Å². The first-order valence-electron chi connectivity index (χ1n) is 8.16. The van der Waals surface area contributed by atoms with Crippen LogP contribution in [0.2, 0.25) is 5.02 Å². The number of halogens is 1. The van der Waals surface area contributed by atoms with Crippen LogP contribution in [0.4, 0.5) is 0 Å². The molecule has 1 aliphatic rings. The Bertz CT molecular complexity index is 812. The van der Waals surface area contributed by atoms with Gasteiger partial charge in [-0.25, -0.2) is 4.79 Å². The monoisotopic (exact) mass is 336 g/mol. The van der Waals surface area contributed by atoms with Gasteiger partial charge in [0, 0.05) is 16.9 Å². The molecule has 124 valence electrons. The van der Waals surface area contributed by atoms with Crippen LogP contribution in [-0.2, 0) is 6.54 Å². The number of phenols is 1. The highest BCUT2D eigenvalue weighted by molar-refractivity contribution is 6.33. The SMILES string of the molecule is Cc1c(C)c2cc(Cl)c(O)c(C[NH+]3CCC[C@@H](C)C3)c2oc1=O. The van der Waals surface area contributed by atoms with Crippen LogP contribution < -0.4 is 10.5 Å². The van der Waals surface area contributed by atoms with Gasteiger partial charge in [-0.2, -0.15) is 0 Å². The highest BCUT2D eigenvalue weighted by Crippen LogP contribution is 2.35. The summed E-state index contributed by atoms with van der Waals surface area (Å²) in [5.41, 5.74) is 2.23. The molecule has 2 N–H and O–H groups in total. The second-order valence-electron chi connectivity index (χ2n) is 6.83. The summed E-state index contributed by atoms with van der Waals surface area (Å²) in [4.78, 5) is 13.5. The maximum Gasteiger partial charge on any atom is 0.339 e. The number of fused-ring (bicyclic) bond motifs is 1. The van der Waals surface area contributed by atoms with Crippen molar-refractivity contribution in [2.24, 2.45) is 5.92 Å². The average Bonchev–Trinajstić information content (AvgIpc) is 2.51. The van der Waals surface area contributed by atoms with E-state index >= 15 is 0 Å². The van der Waals surface area contributed by atoms with Crippen molar-refractivity contribution in [2.75, 3.05) is 13.1 Å². The normalized spacial score (nSPS) is 21.7. The number of nitrogens with one attached hydrogen (secondary N) is 1. The van der Waals surface area contributed by atoms with Gasteiger partial charge >= 0.3 is 5.63 Å². The van der Waals surface area contributed by atoms with Crippen LogP contribution in [0.1, 0.15) is 36.5 Å². The maximum atomic E-state index is 12.1. The van der Waals surface area contributed by atoms with E-state index in [9.17, 15) is 9.90 Å². The lowest BCUT2D eigenvalue weighted by molar-refractivity contribution is -0.922. The van der Waals surface area contributed by atoms with Crippen molar-refractivity contribution in [3.8, 4) is 5.75 Å². The third-order valence-electron chi connectivity index (χ3n) is 5.06. The van der Waals surface area contributed by atoms with E-state index in [1.165, 1.54) is 17.7 Å². The van der Waals surface area contributed by atoms with Gasteiger partial charge in [0.25, 0.3) is 0 Å². The number of quaternary nitrogens is 1. The van der Waals surface area contributed by atoms with Crippen LogP contribution in [0.5, 0.6) is 5.75 Å². The zero-order valence-electron chi connectivity index (χ0n) is 13.8. The number of hydrogen-bond donors (Lipinski definition) is 2. The Kier molecular flexibility index (Phi) is 4.39. The van der Waals surface area contributed by atoms with Crippen molar-refractivity contribution in [2.45, 2.75) is 40.2 Å². The summed E-state index contributed by atoms with van der Waals surface area (Å²) in [5, 5.41) is 11.6. The smallest absolute Gasteiger partial charge is 0.339 e. The van der Waals surface area contributed by atoms with Crippen molar-refractivity contribution in [3.63, 3.8) is 0 Å². The Balaban J connectivity index is 2.14. The Morgan fingerprint density at radius 1 is 1.39 bits per heavy atom. The quantitative estimate of drug-likeness (QED) is 0.829. The molecule has 2 atom stereocenters. The van der Waals surface area contributed by atoms with Crippen molar-refractivity contribution < 1.29 is 14.4 Å². The lowest BCUT2D eigenvalue weighted by Gasteiger charge is -2.28. The van der Waals surface area contributed by atoms with Gasteiger partial charge in [-0.15, -0.1) is 0 Å². The number of likely N-dealkylation sites (tertiary alicyclic amines) is 1. The number of benzene rings is 1. The third-order valence-corrected chi connectivity index (χ3v) is 5.35. The zero-order chi connectivity index (χ0) is 16.7. The molecule has 5 heteroatoms. The van der Waals surface area contributed by atoms with Gasteiger partial charge in [-0.05, 0) is 38.3 Å². The second-order valence-corrected chi connectivity index (χ2v) is 7.24. The number of aryl methyl sites for hydroxylation is 1. The minimum atomic E-state index is -0.347. The lowest BCUT2D eigenvalue weighted by Crippen LogP contribution is -3.12. The zero-order valence-corrected chi connectivity index (χ0v) is 14.6.